The van der Waals surface area contributed by atoms with E-state index in [1.165, 1.54) is 0 Å². The maximum absolute atomic E-state index is 11.9. The number of allylic oxidation sites excluding steroid dienone is 4. The molecule has 0 aliphatic heterocycles. The first kappa shape index (κ1) is 14.4. The molecule has 0 aromatic heterocycles. The minimum Gasteiger partial charge on any atom is -0.349 e. The van der Waals surface area contributed by atoms with Gasteiger partial charge < -0.3 is 9.47 Å². The Morgan fingerprint density at radius 2 is 1.90 bits per heavy atom. The van der Waals surface area contributed by atoms with Gasteiger partial charge in [0.1, 0.15) is 0 Å². The van der Waals surface area contributed by atoms with E-state index in [2.05, 4.69) is 0 Å². The van der Waals surface area contributed by atoms with Crippen LogP contribution in [0.5, 0.6) is 0 Å². The topological polar surface area (TPSA) is 35.5 Å². The number of carbonyl (C=O) groups excluding carboxylic acids is 1. The molecule has 1 aromatic carbocycles. The highest BCUT2D eigenvalue weighted by Crippen LogP contribution is 2.25. The third kappa shape index (κ3) is 3.32. The van der Waals surface area contributed by atoms with Gasteiger partial charge in [0.2, 0.25) is 0 Å². The van der Waals surface area contributed by atoms with Crippen molar-refractivity contribution in [3.05, 3.63) is 71.8 Å². The first-order valence-corrected chi connectivity index (χ1v) is 6.46. The lowest BCUT2D eigenvalue weighted by Crippen LogP contribution is -2.31. The van der Waals surface area contributed by atoms with Crippen LogP contribution in [0.25, 0.3) is 0 Å². The van der Waals surface area contributed by atoms with Crippen LogP contribution in [0, 0.1) is 0 Å². The average molecular weight is 270 g/mol. The molecule has 1 aromatic rings. The van der Waals surface area contributed by atoms with E-state index in [9.17, 15) is 4.79 Å². The maximum atomic E-state index is 11.9. The third-order valence-corrected chi connectivity index (χ3v) is 3.33. The fraction of sp³-hybridized carbons (Fsp3) is 0.235. The summed E-state index contributed by atoms with van der Waals surface area (Å²) < 4.78 is 10.7. The standard InChI is InChI=1S/C17H18O3/c1-19-17(20-2)12-10-14(11-13-17)8-9-16(18)15-6-4-3-5-7-15/h3-12H,13H2,1-2H3/b9-8-. The fourth-order valence-corrected chi connectivity index (χ4v) is 2.00. The second-order valence-electron chi connectivity index (χ2n) is 4.53. The van der Waals surface area contributed by atoms with E-state index in [1.807, 2.05) is 36.4 Å². The van der Waals surface area contributed by atoms with Crippen LogP contribution < -0.4 is 0 Å². The van der Waals surface area contributed by atoms with Gasteiger partial charge in [0.05, 0.1) is 0 Å². The van der Waals surface area contributed by atoms with Crippen molar-refractivity contribution in [2.75, 3.05) is 14.2 Å². The van der Waals surface area contributed by atoms with Gasteiger partial charge in [-0.25, -0.2) is 0 Å². The molecule has 0 N–H and O–H groups in total. The summed E-state index contributed by atoms with van der Waals surface area (Å²) in [6, 6.07) is 9.21. The zero-order valence-corrected chi connectivity index (χ0v) is 11.7. The summed E-state index contributed by atoms with van der Waals surface area (Å²) in [7, 11) is 3.23. The van der Waals surface area contributed by atoms with Crippen molar-refractivity contribution in [2.45, 2.75) is 12.2 Å². The predicted molar refractivity (Wildman–Crippen MR) is 78.5 cm³/mol. The Balaban J connectivity index is 2.02. The lowest BCUT2D eigenvalue weighted by molar-refractivity contribution is -0.167. The van der Waals surface area contributed by atoms with Crippen LogP contribution in [-0.2, 0) is 9.47 Å². The summed E-state index contributed by atoms with van der Waals surface area (Å²) in [5.41, 5.74) is 1.66. The molecule has 0 bridgehead atoms. The minimum atomic E-state index is -0.680. The molecule has 2 rings (SSSR count). The monoisotopic (exact) mass is 270 g/mol. The number of hydrogen-bond acceptors (Lipinski definition) is 3. The van der Waals surface area contributed by atoms with E-state index >= 15 is 0 Å². The van der Waals surface area contributed by atoms with Crippen LogP contribution in [0.2, 0.25) is 0 Å². The van der Waals surface area contributed by atoms with Gasteiger partial charge in [0.25, 0.3) is 0 Å². The summed E-state index contributed by atoms with van der Waals surface area (Å²) in [5.74, 6) is -0.684. The van der Waals surface area contributed by atoms with Gasteiger partial charge in [-0.2, -0.15) is 0 Å². The van der Waals surface area contributed by atoms with Crippen molar-refractivity contribution in [2.24, 2.45) is 0 Å². The maximum Gasteiger partial charge on any atom is 0.190 e. The molecule has 0 amide bonds. The molecule has 20 heavy (non-hydrogen) atoms. The van der Waals surface area contributed by atoms with Gasteiger partial charge in [-0.15, -0.1) is 0 Å². The number of ether oxygens (including phenoxy) is 2. The minimum absolute atomic E-state index is 0.00443. The van der Waals surface area contributed by atoms with Crippen molar-refractivity contribution in [3.8, 4) is 0 Å². The molecule has 0 spiro atoms. The van der Waals surface area contributed by atoms with Crippen molar-refractivity contribution >= 4 is 5.78 Å². The molecule has 1 aliphatic rings. The number of benzene rings is 1. The molecule has 0 atom stereocenters. The zero-order chi connectivity index (χ0) is 14.4. The quantitative estimate of drug-likeness (QED) is 0.468. The van der Waals surface area contributed by atoms with Crippen LogP contribution in [0.1, 0.15) is 16.8 Å². The Kier molecular flexibility index (Phi) is 4.66. The van der Waals surface area contributed by atoms with Crippen molar-refractivity contribution < 1.29 is 14.3 Å². The first-order chi connectivity index (χ1) is 9.69. The predicted octanol–water partition coefficient (Wildman–Crippen LogP) is 3.30. The molecule has 0 radical (unpaired) electrons. The second kappa shape index (κ2) is 6.46. The summed E-state index contributed by atoms with van der Waals surface area (Å²) in [6.45, 7) is 0. The van der Waals surface area contributed by atoms with Gasteiger partial charge in [-0.05, 0) is 17.7 Å². The zero-order valence-electron chi connectivity index (χ0n) is 11.7. The highest BCUT2D eigenvalue weighted by molar-refractivity contribution is 6.04. The molecular formula is C17H18O3. The summed E-state index contributed by atoms with van der Waals surface area (Å²) in [4.78, 5) is 11.9. The Morgan fingerprint density at radius 3 is 2.45 bits per heavy atom. The summed E-state index contributed by atoms with van der Waals surface area (Å²) in [5, 5.41) is 0. The van der Waals surface area contributed by atoms with Crippen LogP contribution in [0.15, 0.2) is 66.3 Å². The Labute approximate surface area is 119 Å². The molecular weight excluding hydrogens is 252 g/mol. The van der Waals surface area contributed by atoms with Crippen LogP contribution in [0.4, 0.5) is 0 Å². The van der Waals surface area contributed by atoms with Gasteiger partial charge in [0.15, 0.2) is 11.6 Å². The first-order valence-electron chi connectivity index (χ1n) is 6.46. The van der Waals surface area contributed by atoms with Crippen LogP contribution >= 0.6 is 0 Å². The smallest absolute Gasteiger partial charge is 0.190 e. The number of carbonyl (C=O) groups is 1. The Bertz CT molecular complexity index is 549. The Morgan fingerprint density at radius 1 is 1.20 bits per heavy atom. The fourth-order valence-electron chi connectivity index (χ4n) is 2.00. The average Bonchev–Trinajstić information content (AvgIpc) is 2.54. The number of methoxy groups -OCH3 is 2. The molecule has 0 fully saturated rings. The number of ketones is 1. The van der Waals surface area contributed by atoms with Gasteiger partial charge >= 0.3 is 0 Å². The molecule has 0 heterocycles. The lowest BCUT2D eigenvalue weighted by Gasteiger charge is -2.28. The molecule has 3 heteroatoms. The van der Waals surface area contributed by atoms with E-state index < -0.39 is 5.79 Å². The highest BCUT2D eigenvalue weighted by Gasteiger charge is 2.26. The van der Waals surface area contributed by atoms with Crippen LogP contribution in [-0.4, -0.2) is 25.8 Å². The number of hydrogen-bond donors (Lipinski definition) is 0. The highest BCUT2D eigenvalue weighted by atomic mass is 16.7. The van der Waals surface area contributed by atoms with Crippen molar-refractivity contribution in [3.63, 3.8) is 0 Å². The van der Waals surface area contributed by atoms with Crippen molar-refractivity contribution in [1.29, 1.82) is 0 Å². The van der Waals surface area contributed by atoms with E-state index in [-0.39, 0.29) is 5.78 Å². The second-order valence-corrected chi connectivity index (χ2v) is 4.53. The van der Waals surface area contributed by atoms with Gasteiger partial charge in [-0.1, -0.05) is 48.6 Å². The molecule has 0 unspecified atom stereocenters. The summed E-state index contributed by atoms with van der Waals surface area (Å²) >= 11 is 0. The molecule has 1 aliphatic carbocycles. The number of rotatable bonds is 5. The molecule has 3 nitrogen and oxygen atoms in total. The summed E-state index contributed by atoms with van der Waals surface area (Å²) in [6.07, 6.45) is 9.75. The van der Waals surface area contributed by atoms with E-state index in [1.54, 1.807) is 38.5 Å². The van der Waals surface area contributed by atoms with E-state index in [4.69, 9.17) is 9.47 Å². The largest absolute Gasteiger partial charge is 0.349 e. The van der Waals surface area contributed by atoms with Gasteiger partial charge in [0, 0.05) is 26.2 Å². The Hall–Kier alpha value is -1.97. The van der Waals surface area contributed by atoms with E-state index in [0.29, 0.717) is 12.0 Å². The van der Waals surface area contributed by atoms with Crippen molar-refractivity contribution in [1.82, 2.24) is 0 Å². The van der Waals surface area contributed by atoms with Crippen LogP contribution in [0.3, 0.4) is 0 Å². The third-order valence-electron chi connectivity index (χ3n) is 3.33. The SMILES string of the molecule is COC1(OC)C=CC(/C=C\C(=O)c2ccccc2)=CC1. The molecule has 0 saturated carbocycles. The molecule has 0 saturated heterocycles. The van der Waals surface area contributed by atoms with E-state index in [0.717, 1.165) is 5.57 Å². The molecule has 104 valence electrons. The normalized spacial score (nSPS) is 17.2. The van der Waals surface area contributed by atoms with Gasteiger partial charge in [-0.3, -0.25) is 4.79 Å². The lowest BCUT2D eigenvalue weighted by atomic mass is 10.0.